The van der Waals surface area contributed by atoms with Crippen LogP contribution in [0.5, 0.6) is 0 Å². The molecule has 0 aliphatic carbocycles. The van der Waals surface area contributed by atoms with Gasteiger partial charge in [0, 0.05) is 11.6 Å². The predicted molar refractivity (Wildman–Crippen MR) is 76.3 cm³/mol. The van der Waals surface area contributed by atoms with Gasteiger partial charge in [0.05, 0.1) is 11.4 Å². The monoisotopic (exact) mass is 315 g/mol. The molecule has 0 fully saturated rings. The second kappa shape index (κ2) is 5.63. The minimum Gasteiger partial charge on any atom is -0.361 e. The summed E-state index contributed by atoms with van der Waals surface area (Å²) < 4.78 is 36.3. The van der Waals surface area contributed by atoms with Gasteiger partial charge in [0.1, 0.15) is 5.76 Å². The lowest BCUT2D eigenvalue weighted by atomic mass is 10.1. The Morgan fingerprint density at radius 3 is 2.60 bits per heavy atom. The molecule has 0 aliphatic rings. The molecule has 110 valence electrons. The van der Waals surface area contributed by atoms with E-state index >= 15 is 0 Å². The average Bonchev–Trinajstić information content (AvgIpc) is 2.90. The van der Waals surface area contributed by atoms with E-state index in [0.717, 1.165) is 28.6 Å². The molecule has 0 radical (unpaired) electrons. The molecule has 2 aromatic rings. The third-order valence-corrected chi connectivity index (χ3v) is 5.84. The predicted octanol–water partition coefficient (Wildman–Crippen LogP) is 1.97. The van der Waals surface area contributed by atoms with Crippen LogP contribution in [-0.4, -0.2) is 24.0 Å². The van der Waals surface area contributed by atoms with Crippen molar-refractivity contribution in [2.24, 2.45) is 0 Å². The van der Waals surface area contributed by atoms with Gasteiger partial charge in [-0.2, -0.15) is 4.37 Å². The SMILES string of the molecule is Cc1cc(S(=O)(=O)N[C@H](C)Cc2c(C)noc2C)sn1. The molecule has 8 heteroatoms. The van der Waals surface area contributed by atoms with Gasteiger partial charge in [0.2, 0.25) is 0 Å². The van der Waals surface area contributed by atoms with Crippen molar-refractivity contribution in [2.45, 2.75) is 44.4 Å². The highest BCUT2D eigenvalue weighted by Crippen LogP contribution is 2.18. The molecule has 0 amide bonds. The first-order chi connectivity index (χ1) is 9.29. The lowest BCUT2D eigenvalue weighted by molar-refractivity contribution is 0.392. The minimum absolute atomic E-state index is 0.237. The summed E-state index contributed by atoms with van der Waals surface area (Å²) >= 11 is 0.981. The molecule has 2 rings (SSSR count). The maximum absolute atomic E-state index is 12.2. The van der Waals surface area contributed by atoms with Gasteiger partial charge in [0.25, 0.3) is 10.0 Å². The fourth-order valence-corrected chi connectivity index (χ4v) is 4.14. The van der Waals surface area contributed by atoms with Crippen LogP contribution in [0.25, 0.3) is 0 Å². The smallest absolute Gasteiger partial charge is 0.251 e. The van der Waals surface area contributed by atoms with E-state index < -0.39 is 10.0 Å². The highest BCUT2D eigenvalue weighted by atomic mass is 32.2. The number of aromatic nitrogens is 2. The fourth-order valence-electron chi connectivity index (χ4n) is 1.93. The van der Waals surface area contributed by atoms with Gasteiger partial charge < -0.3 is 4.52 Å². The normalized spacial score (nSPS) is 13.6. The molecule has 0 saturated carbocycles. The summed E-state index contributed by atoms with van der Waals surface area (Å²) in [5.41, 5.74) is 2.44. The van der Waals surface area contributed by atoms with Crippen molar-refractivity contribution in [3.05, 3.63) is 28.8 Å². The summed E-state index contributed by atoms with van der Waals surface area (Å²) in [6, 6.07) is 1.31. The number of aryl methyl sites for hydroxylation is 3. The molecule has 0 spiro atoms. The van der Waals surface area contributed by atoms with Crippen LogP contribution in [0.2, 0.25) is 0 Å². The first-order valence-electron chi connectivity index (χ1n) is 6.17. The molecule has 2 aromatic heterocycles. The van der Waals surface area contributed by atoms with Crippen LogP contribution in [0.15, 0.2) is 14.8 Å². The van der Waals surface area contributed by atoms with Gasteiger partial charge in [-0.1, -0.05) is 5.16 Å². The van der Waals surface area contributed by atoms with E-state index in [1.54, 1.807) is 13.0 Å². The highest BCUT2D eigenvalue weighted by molar-refractivity contribution is 7.91. The summed E-state index contributed by atoms with van der Waals surface area (Å²) in [5, 5.41) is 3.87. The zero-order chi connectivity index (χ0) is 14.9. The Morgan fingerprint density at radius 2 is 2.10 bits per heavy atom. The summed E-state index contributed by atoms with van der Waals surface area (Å²) in [6.45, 7) is 7.25. The van der Waals surface area contributed by atoms with Gasteiger partial charge in [0.15, 0.2) is 4.21 Å². The van der Waals surface area contributed by atoms with Crippen molar-refractivity contribution in [2.75, 3.05) is 0 Å². The van der Waals surface area contributed by atoms with Gasteiger partial charge in [-0.25, -0.2) is 13.1 Å². The molecule has 6 nitrogen and oxygen atoms in total. The summed E-state index contributed by atoms with van der Waals surface area (Å²) in [7, 11) is -3.51. The van der Waals surface area contributed by atoms with E-state index in [1.165, 1.54) is 0 Å². The van der Waals surface area contributed by atoms with E-state index in [-0.39, 0.29) is 10.3 Å². The summed E-state index contributed by atoms with van der Waals surface area (Å²) in [4.78, 5) is 0. The fraction of sp³-hybridized carbons (Fsp3) is 0.500. The van der Waals surface area contributed by atoms with Crippen molar-refractivity contribution >= 4 is 21.6 Å². The van der Waals surface area contributed by atoms with E-state index in [2.05, 4.69) is 14.3 Å². The number of hydrogen-bond acceptors (Lipinski definition) is 6. The third kappa shape index (κ3) is 3.25. The second-order valence-electron chi connectivity index (χ2n) is 4.82. The Morgan fingerprint density at radius 1 is 1.40 bits per heavy atom. The molecule has 1 atom stereocenters. The first kappa shape index (κ1) is 15.1. The first-order valence-corrected chi connectivity index (χ1v) is 8.42. The van der Waals surface area contributed by atoms with E-state index in [9.17, 15) is 8.42 Å². The molecule has 2 heterocycles. The minimum atomic E-state index is -3.51. The Labute approximate surface area is 122 Å². The molecule has 1 N–H and O–H groups in total. The number of hydrogen-bond donors (Lipinski definition) is 1. The maximum atomic E-state index is 12.2. The molecule has 0 aromatic carbocycles. The lowest BCUT2D eigenvalue weighted by Crippen LogP contribution is -2.33. The van der Waals surface area contributed by atoms with Crippen LogP contribution < -0.4 is 4.72 Å². The molecule has 0 aliphatic heterocycles. The van der Waals surface area contributed by atoms with Gasteiger partial charge in [-0.05, 0) is 51.7 Å². The van der Waals surface area contributed by atoms with Crippen molar-refractivity contribution in [3.63, 3.8) is 0 Å². The quantitative estimate of drug-likeness (QED) is 0.911. The summed E-state index contributed by atoms with van der Waals surface area (Å²) in [6.07, 6.45) is 0.540. The molecule has 0 unspecified atom stereocenters. The van der Waals surface area contributed by atoms with Crippen LogP contribution in [0.1, 0.15) is 29.6 Å². The van der Waals surface area contributed by atoms with Gasteiger partial charge in [-0.15, -0.1) is 0 Å². The average molecular weight is 315 g/mol. The second-order valence-corrected chi connectivity index (χ2v) is 7.56. The number of nitrogens with one attached hydrogen (secondary N) is 1. The number of sulfonamides is 1. The molecule has 0 bridgehead atoms. The Balaban J connectivity index is 2.10. The Kier molecular flexibility index (Phi) is 4.26. The molecular formula is C12H17N3O3S2. The van der Waals surface area contributed by atoms with Crippen molar-refractivity contribution in [1.82, 2.24) is 14.3 Å². The lowest BCUT2D eigenvalue weighted by Gasteiger charge is -2.12. The van der Waals surface area contributed by atoms with Crippen molar-refractivity contribution < 1.29 is 12.9 Å². The molecule has 20 heavy (non-hydrogen) atoms. The molecular weight excluding hydrogens is 298 g/mol. The zero-order valence-electron chi connectivity index (χ0n) is 11.8. The van der Waals surface area contributed by atoms with Crippen molar-refractivity contribution in [1.29, 1.82) is 0 Å². The van der Waals surface area contributed by atoms with Crippen molar-refractivity contribution in [3.8, 4) is 0 Å². The van der Waals surface area contributed by atoms with Crippen LogP contribution >= 0.6 is 11.5 Å². The molecule has 0 saturated heterocycles. The topological polar surface area (TPSA) is 85.1 Å². The van der Waals surface area contributed by atoms with Crippen LogP contribution in [0.4, 0.5) is 0 Å². The van der Waals surface area contributed by atoms with Gasteiger partial charge >= 0.3 is 0 Å². The standard InChI is InChI=1S/C12H17N3O3S2/c1-7-6-12(19-14-7)20(16,17)15-8(2)5-11-9(3)13-18-10(11)4/h6,8,15H,5H2,1-4H3/t8-/m1/s1. The van der Waals surface area contributed by atoms with Gasteiger partial charge in [-0.3, -0.25) is 0 Å². The number of nitrogens with zero attached hydrogens (tertiary/aromatic N) is 2. The van der Waals surface area contributed by atoms with E-state index in [1.807, 2.05) is 20.8 Å². The summed E-state index contributed by atoms with van der Waals surface area (Å²) in [5.74, 6) is 0.724. The van der Waals surface area contributed by atoms with Crippen LogP contribution in [0, 0.1) is 20.8 Å². The largest absolute Gasteiger partial charge is 0.361 e. The maximum Gasteiger partial charge on any atom is 0.251 e. The van der Waals surface area contributed by atoms with Crippen LogP contribution in [-0.2, 0) is 16.4 Å². The Hall–Kier alpha value is -1.25. The Bertz CT molecular complexity index is 684. The highest BCUT2D eigenvalue weighted by Gasteiger charge is 2.21. The van der Waals surface area contributed by atoms with E-state index in [0.29, 0.717) is 12.1 Å². The van der Waals surface area contributed by atoms with E-state index in [4.69, 9.17) is 4.52 Å². The number of rotatable bonds is 5. The zero-order valence-corrected chi connectivity index (χ0v) is 13.4. The van der Waals surface area contributed by atoms with Crippen LogP contribution in [0.3, 0.4) is 0 Å². The third-order valence-electron chi connectivity index (χ3n) is 2.92.